The Bertz CT molecular complexity index is 607. The molecule has 4 aliphatic heterocycles. The van der Waals surface area contributed by atoms with Gasteiger partial charge in [0.2, 0.25) is 0 Å². The molecule has 0 nitrogen and oxygen atoms in total. The van der Waals surface area contributed by atoms with Gasteiger partial charge in [-0.15, -0.1) is 0 Å². The van der Waals surface area contributed by atoms with Gasteiger partial charge in [0.25, 0.3) is 0 Å². The van der Waals surface area contributed by atoms with Gasteiger partial charge >= 0.3 is 159 Å². The van der Waals surface area contributed by atoms with E-state index < -0.39 is 0 Å². The first-order valence-electron chi connectivity index (χ1n) is 5.66. The van der Waals surface area contributed by atoms with Crippen LogP contribution in [-0.4, -0.2) is 29.9 Å². The number of hydrogen-bond acceptors (Lipinski definition) is 6. The zero-order valence-corrected chi connectivity index (χ0v) is 18.7. The fourth-order valence-corrected chi connectivity index (χ4v) is 16.7. The van der Waals surface area contributed by atoms with Crippen molar-refractivity contribution in [3.63, 3.8) is 0 Å². The average molecular weight is 503 g/mol. The summed E-state index contributed by atoms with van der Waals surface area (Å²) in [5, 5.41) is 0. The van der Waals surface area contributed by atoms with Crippen LogP contribution in [0.2, 0.25) is 0 Å². The fourth-order valence-electron chi connectivity index (χ4n) is 1.58. The SMILES string of the molecule is CC1=C(C)SC(=C2SC3=C(S2)SC(=C2[Se]C=C[Se]2)S3)S1. The van der Waals surface area contributed by atoms with Crippen LogP contribution in [0.3, 0.4) is 0 Å². The maximum atomic E-state index is 2.39. The molecule has 0 aromatic heterocycles. The van der Waals surface area contributed by atoms with E-state index in [1.165, 1.54) is 26.8 Å². The zero-order valence-electron chi connectivity index (χ0n) is 10.4. The Hall–Kier alpha value is 1.84. The van der Waals surface area contributed by atoms with Crippen molar-refractivity contribution in [3.05, 3.63) is 44.3 Å². The third-order valence-electron chi connectivity index (χ3n) is 2.63. The molecule has 0 fully saturated rings. The Morgan fingerprint density at radius 1 is 0.600 bits per heavy atom. The van der Waals surface area contributed by atoms with Crippen LogP contribution in [0.25, 0.3) is 0 Å². The number of rotatable bonds is 0. The van der Waals surface area contributed by atoms with E-state index in [4.69, 9.17) is 0 Å². The van der Waals surface area contributed by atoms with E-state index in [-0.39, 0.29) is 0 Å². The van der Waals surface area contributed by atoms with Gasteiger partial charge in [-0.3, -0.25) is 0 Å². The van der Waals surface area contributed by atoms with Gasteiger partial charge in [0, 0.05) is 0 Å². The Labute approximate surface area is 157 Å². The molecule has 0 saturated heterocycles. The Kier molecular flexibility index (Phi) is 4.91. The topological polar surface area (TPSA) is 0 Å². The third kappa shape index (κ3) is 2.95. The Balaban J connectivity index is 1.49. The second-order valence-electron chi connectivity index (χ2n) is 3.96. The van der Waals surface area contributed by atoms with Crippen LogP contribution >= 0.6 is 70.6 Å². The first-order valence-corrected chi connectivity index (χ1v) is 14.3. The van der Waals surface area contributed by atoms with Gasteiger partial charge in [-0.2, -0.15) is 0 Å². The van der Waals surface area contributed by atoms with Gasteiger partial charge in [-0.05, 0) is 0 Å². The summed E-state index contributed by atoms with van der Waals surface area (Å²) in [6, 6.07) is 0. The van der Waals surface area contributed by atoms with Gasteiger partial charge in [0.05, 0.1) is 0 Å². The van der Waals surface area contributed by atoms with Crippen molar-refractivity contribution in [3.8, 4) is 0 Å². The zero-order chi connectivity index (χ0) is 13.7. The molecule has 4 heterocycles. The standard InChI is InChI=1S/C12H8S6Se2/c1-5-6(2)14-7(13-5)8-15-9-10(16-8)18-11(17-9)12-19-3-4-20-12/h3-4H,1-2H3. The monoisotopic (exact) mass is 504 g/mol. The molecule has 0 amide bonds. The normalized spacial score (nSPS) is 25.9. The molecule has 0 unspecified atom stereocenters. The van der Waals surface area contributed by atoms with Gasteiger partial charge in [0.1, 0.15) is 0 Å². The molecule has 0 radical (unpaired) electrons. The molecule has 4 rings (SSSR count). The van der Waals surface area contributed by atoms with E-state index in [1.54, 1.807) is 7.61 Å². The summed E-state index contributed by atoms with van der Waals surface area (Å²) in [4.78, 5) is 7.71. The summed E-state index contributed by atoms with van der Waals surface area (Å²) in [5.74, 6) is 0. The van der Waals surface area contributed by atoms with Gasteiger partial charge in [0.15, 0.2) is 0 Å². The van der Waals surface area contributed by atoms with Crippen molar-refractivity contribution in [1.82, 2.24) is 0 Å². The molecule has 104 valence electrons. The predicted octanol–water partition coefficient (Wildman–Crippen LogP) is 5.95. The molecular formula is C12H8S6Se2. The van der Waals surface area contributed by atoms with Gasteiger partial charge in [-0.25, -0.2) is 0 Å². The van der Waals surface area contributed by atoms with Gasteiger partial charge < -0.3 is 0 Å². The summed E-state index contributed by atoms with van der Waals surface area (Å²) in [5.41, 5.74) is 0. The molecule has 20 heavy (non-hydrogen) atoms. The van der Waals surface area contributed by atoms with Crippen LogP contribution in [0.4, 0.5) is 0 Å². The molecule has 0 saturated carbocycles. The van der Waals surface area contributed by atoms with Gasteiger partial charge in [-0.1, -0.05) is 0 Å². The minimum atomic E-state index is 0.640. The maximum absolute atomic E-state index is 2.39. The molecule has 4 aliphatic rings. The van der Waals surface area contributed by atoms with Crippen molar-refractivity contribution in [2.75, 3.05) is 0 Å². The predicted molar refractivity (Wildman–Crippen MR) is 106 cm³/mol. The third-order valence-corrected chi connectivity index (χ3v) is 18.5. The number of hydrogen-bond donors (Lipinski definition) is 0. The molecule has 0 spiro atoms. The summed E-state index contributed by atoms with van der Waals surface area (Å²) >= 11 is 13.3. The van der Waals surface area contributed by atoms with Crippen molar-refractivity contribution in [1.29, 1.82) is 0 Å². The molecule has 0 aliphatic carbocycles. The second-order valence-corrected chi connectivity index (χ2v) is 16.9. The first-order chi connectivity index (χ1) is 9.70. The average Bonchev–Trinajstić information content (AvgIpc) is 3.12. The number of allylic oxidation sites excluding steroid dienone is 2. The fraction of sp³-hybridized carbons (Fsp3) is 0.167. The Morgan fingerprint density at radius 3 is 1.50 bits per heavy atom. The molecule has 0 atom stereocenters. The molecule has 0 bridgehead atoms. The second kappa shape index (κ2) is 6.39. The molecule has 0 N–H and O–H groups in total. The summed E-state index contributed by atoms with van der Waals surface area (Å²) in [6.45, 7) is 4.46. The first kappa shape index (κ1) is 15.4. The van der Waals surface area contributed by atoms with E-state index in [0.29, 0.717) is 29.9 Å². The molecule has 0 aromatic carbocycles. The van der Waals surface area contributed by atoms with Crippen molar-refractivity contribution < 1.29 is 0 Å². The molecule has 0 aromatic rings. The van der Waals surface area contributed by atoms with Crippen LogP contribution in [0.15, 0.2) is 44.3 Å². The van der Waals surface area contributed by atoms with E-state index in [9.17, 15) is 0 Å². The Morgan fingerprint density at radius 2 is 1.00 bits per heavy atom. The van der Waals surface area contributed by atoms with Crippen molar-refractivity contribution in [2.45, 2.75) is 13.8 Å². The number of thioether (sulfide) groups is 6. The van der Waals surface area contributed by atoms with Crippen LogP contribution in [0, 0.1) is 0 Å². The summed E-state index contributed by atoms with van der Waals surface area (Å²) < 4.78 is 9.41. The van der Waals surface area contributed by atoms with E-state index >= 15 is 0 Å². The van der Waals surface area contributed by atoms with Crippen LogP contribution in [0.1, 0.15) is 13.8 Å². The molecule has 8 heteroatoms. The van der Waals surface area contributed by atoms with E-state index in [1.807, 2.05) is 70.6 Å². The van der Waals surface area contributed by atoms with Crippen LogP contribution in [-0.2, 0) is 0 Å². The quantitative estimate of drug-likeness (QED) is 0.373. The van der Waals surface area contributed by atoms with Crippen LogP contribution in [0.5, 0.6) is 0 Å². The van der Waals surface area contributed by atoms with E-state index in [2.05, 4.69) is 23.8 Å². The van der Waals surface area contributed by atoms with Crippen molar-refractivity contribution in [2.24, 2.45) is 0 Å². The summed E-state index contributed by atoms with van der Waals surface area (Å²) in [7, 11) is 0. The van der Waals surface area contributed by atoms with Crippen molar-refractivity contribution >= 4 is 100 Å². The minimum absolute atomic E-state index is 0.640. The molecular weight excluding hydrogens is 494 g/mol. The van der Waals surface area contributed by atoms with Crippen LogP contribution < -0.4 is 0 Å². The van der Waals surface area contributed by atoms with E-state index in [0.717, 1.165) is 0 Å². The summed E-state index contributed by atoms with van der Waals surface area (Å²) in [6.07, 6.45) is 0.